The molecule has 1 atom stereocenters. The first-order valence-corrected chi connectivity index (χ1v) is 11.4. The summed E-state index contributed by atoms with van der Waals surface area (Å²) in [5, 5.41) is 11.1. The Balaban J connectivity index is 1.82. The molecule has 0 aliphatic carbocycles. The number of amides is 1. The molecule has 3 aromatic rings. The van der Waals surface area contributed by atoms with Crippen LogP contribution in [0.25, 0.3) is 10.9 Å². The SMILES string of the molecule is CCOC(=O)c1ccc(C(CS(=O)(=O)Cc2cnc3ccccc3c2)N(O)C=O)cc1. The largest absolute Gasteiger partial charge is 0.462 e. The lowest BCUT2D eigenvalue weighted by Gasteiger charge is -2.23. The van der Waals surface area contributed by atoms with Gasteiger partial charge in [0.25, 0.3) is 0 Å². The van der Waals surface area contributed by atoms with E-state index < -0.39 is 27.6 Å². The number of carbonyl (C=O) groups is 2. The van der Waals surface area contributed by atoms with Crippen molar-refractivity contribution >= 4 is 33.1 Å². The maximum atomic E-state index is 12.8. The van der Waals surface area contributed by atoms with Gasteiger partial charge in [-0.25, -0.2) is 18.3 Å². The van der Waals surface area contributed by atoms with Crippen LogP contribution in [-0.4, -0.2) is 48.4 Å². The Morgan fingerprint density at radius 2 is 1.90 bits per heavy atom. The van der Waals surface area contributed by atoms with Crippen LogP contribution in [0.3, 0.4) is 0 Å². The molecular formula is C22H22N2O6S. The summed E-state index contributed by atoms with van der Waals surface area (Å²) >= 11 is 0. The highest BCUT2D eigenvalue weighted by molar-refractivity contribution is 7.90. The molecule has 1 N–H and O–H groups in total. The van der Waals surface area contributed by atoms with Gasteiger partial charge in [-0.05, 0) is 42.3 Å². The average Bonchev–Trinajstić information content (AvgIpc) is 2.77. The maximum absolute atomic E-state index is 12.8. The van der Waals surface area contributed by atoms with E-state index in [1.54, 1.807) is 13.0 Å². The van der Waals surface area contributed by atoms with Gasteiger partial charge in [0.05, 0.1) is 35.2 Å². The van der Waals surface area contributed by atoms with E-state index in [1.807, 2.05) is 24.3 Å². The van der Waals surface area contributed by atoms with Crippen LogP contribution in [0.2, 0.25) is 0 Å². The van der Waals surface area contributed by atoms with Gasteiger partial charge in [-0.3, -0.25) is 15.0 Å². The molecule has 0 aliphatic rings. The van der Waals surface area contributed by atoms with Crippen LogP contribution in [0.1, 0.15) is 34.5 Å². The first-order valence-electron chi connectivity index (χ1n) is 9.56. The molecular weight excluding hydrogens is 420 g/mol. The fraction of sp³-hybridized carbons (Fsp3) is 0.227. The normalized spacial score (nSPS) is 12.3. The van der Waals surface area contributed by atoms with Gasteiger partial charge in [0.1, 0.15) is 0 Å². The van der Waals surface area contributed by atoms with Crippen molar-refractivity contribution in [3.8, 4) is 0 Å². The van der Waals surface area contributed by atoms with Gasteiger partial charge in [0.15, 0.2) is 9.84 Å². The number of hydroxylamine groups is 2. The maximum Gasteiger partial charge on any atom is 0.338 e. The standard InChI is InChI=1S/C22H22N2O6S/c1-2-30-22(26)18-9-7-17(8-10-18)21(24(27)15-25)14-31(28,29)13-16-11-19-5-3-4-6-20(19)23-12-16/h3-12,15,21,27H,2,13-14H2,1H3. The predicted octanol–water partition coefficient (Wildman–Crippen LogP) is 2.92. The van der Waals surface area contributed by atoms with Crippen molar-refractivity contribution in [2.75, 3.05) is 12.4 Å². The summed E-state index contributed by atoms with van der Waals surface area (Å²) in [5.74, 6) is -1.32. The van der Waals surface area contributed by atoms with Gasteiger partial charge in [-0.15, -0.1) is 0 Å². The highest BCUT2D eigenvalue weighted by Gasteiger charge is 2.26. The van der Waals surface area contributed by atoms with E-state index in [0.29, 0.717) is 16.2 Å². The molecule has 31 heavy (non-hydrogen) atoms. The van der Waals surface area contributed by atoms with Crippen LogP contribution >= 0.6 is 0 Å². The summed E-state index contributed by atoms with van der Waals surface area (Å²) in [5.41, 5.74) is 1.91. The van der Waals surface area contributed by atoms with Crippen LogP contribution < -0.4 is 0 Å². The number of fused-ring (bicyclic) bond motifs is 1. The number of para-hydroxylation sites is 1. The second kappa shape index (κ2) is 9.67. The quantitative estimate of drug-likeness (QED) is 0.235. The molecule has 1 amide bonds. The van der Waals surface area contributed by atoms with E-state index in [1.165, 1.54) is 30.5 Å². The van der Waals surface area contributed by atoms with Crippen molar-refractivity contribution in [2.45, 2.75) is 18.7 Å². The monoisotopic (exact) mass is 442 g/mol. The van der Waals surface area contributed by atoms with E-state index >= 15 is 0 Å². The zero-order chi connectivity index (χ0) is 22.4. The molecule has 0 spiro atoms. The molecule has 1 heterocycles. The van der Waals surface area contributed by atoms with Gasteiger partial charge in [0, 0.05) is 11.6 Å². The number of hydrogen-bond acceptors (Lipinski definition) is 7. The summed E-state index contributed by atoms with van der Waals surface area (Å²) in [7, 11) is -3.73. The highest BCUT2D eigenvalue weighted by atomic mass is 32.2. The van der Waals surface area contributed by atoms with E-state index in [-0.39, 0.29) is 24.3 Å². The third-order valence-corrected chi connectivity index (χ3v) is 6.28. The van der Waals surface area contributed by atoms with E-state index in [9.17, 15) is 23.2 Å². The number of carbonyl (C=O) groups excluding carboxylic acids is 2. The van der Waals surface area contributed by atoms with Gasteiger partial charge in [-0.1, -0.05) is 30.3 Å². The zero-order valence-corrected chi connectivity index (χ0v) is 17.7. The third-order valence-electron chi connectivity index (χ3n) is 4.68. The Morgan fingerprint density at radius 1 is 1.19 bits per heavy atom. The van der Waals surface area contributed by atoms with Crippen LogP contribution in [0.15, 0.2) is 60.8 Å². The number of esters is 1. The first-order chi connectivity index (χ1) is 14.8. The number of nitrogens with zero attached hydrogens (tertiary/aromatic N) is 2. The number of pyridine rings is 1. The summed E-state index contributed by atoms with van der Waals surface area (Å²) in [6, 6.07) is 13.9. The van der Waals surface area contributed by atoms with Crippen LogP contribution in [0.5, 0.6) is 0 Å². The minimum absolute atomic E-state index is 0.150. The predicted molar refractivity (Wildman–Crippen MR) is 114 cm³/mol. The molecule has 9 heteroatoms. The topological polar surface area (TPSA) is 114 Å². The second-order valence-corrected chi connectivity index (χ2v) is 9.04. The molecule has 0 bridgehead atoms. The van der Waals surface area contributed by atoms with Crippen molar-refractivity contribution in [3.05, 3.63) is 77.5 Å². The third kappa shape index (κ3) is 5.65. The number of rotatable bonds is 9. The fourth-order valence-electron chi connectivity index (χ4n) is 3.20. The molecule has 0 saturated carbocycles. The van der Waals surface area contributed by atoms with Crippen LogP contribution in [-0.2, 0) is 25.1 Å². The molecule has 162 valence electrons. The minimum Gasteiger partial charge on any atom is -0.462 e. The lowest BCUT2D eigenvalue weighted by atomic mass is 10.1. The lowest BCUT2D eigenvalue weighted by Crippen LogP contribution is -2.30. The van der Waals surface area contributed by atoms with Gasteiger partial charge >= 0.3 is 5.97 Å². The Kier molecular flexibility index (Phi) is 6.98. The summed E-state index contributed by atoms with van der Waals surface area (Å²) in [6.07, 6.45) is 1.65. The number of sulfone groups is 1. The highest BCUT2D eigenvalue weighted by Crippen LogP contribution is 2.23. The molecule has 1 unspecified atom stereocenters. The summed E-state index contributed by atoms with van der Waals surface area (Å²) in [4.78, 5) is 27.2. The molecule has 0 saturated heterocycles. The van der Waals surface area contributed by atoms with E-state index in [2.05, 4.69) is 4.98 Å². The number of hydrogen-bond donors (Lipinski definition) is 1. The Labute approximate surface area is 180 Å². The molecule has 8 nitrogen and oxygen atoms in total. The zero-order valence-electron chi connectivity index (χ0n) is 16.8. The summed E-state index contributed by atoms with van der Waals surface area (Å²) < 4.78 is 30.6. The Morgan fingerprint density at radius 3 is 2.58 bits per heavy atom. The molecule has 0 aliphatic heterocycles. The van der Waals surface area contributed by atoms with Gasteiger partial charge in [-0.2, -0.15) is 0 Å². The number of aromatic nitrogens is 1. The lowest BCUT2D eigenvalue weighted by molar-refractivity contribution is -0.158. The van der Waals surface area contributed by atoms with Crippen molar-refractivity contribution in [1.29, 1.82) is 0 Å². The average molecular weight is 442 g/mol. The van der Waals surface area contributed by atoms with Crippen molar-refractivity contribution in [2.24, 2.45) is 0 Å². The first kappa shape index (κ1) is 22.4. The van der Waals surface area contributed by atoms with E-state index in [4.69, 9.17) is 4.74 Å². The summed E-state index contributed by atoms with van der Waals surface area (Å²) in [6.45, 7) is 1.91. The van der Waals surface area contributed by atoms with Crippen molar-refractivity contribution in [3.63, 3.8) is 0 Å². The van der Waals surface area contributed by atoms with Crippen LogP contribution in [0.4, 0.5) is 0 Å². The minimum atomic E-state index is -3.73. The molecule has 0 fully saturated rings. The molecule has 2 aromatic carbocycles. The number of benzene rings is 2. The smallest absolute Gasteiger partial charge is 0.338 e. The van der Waals surface area contributed by atoms with Crippen LogP contribution in [0, 0.1) is 0 Å². The fourth-order valence-corrected chi connectivity index (χ4v) is 4.81. The Hall–Kier alpha value is -3.30. The number of ether oxygens (including phenoxy) is 1. The Bertz CT molecular complexity index is 1180. The van der Waals surface area contributed by atoms with E-state index in [0.717, 1.165) is 10.9 Å². The van der Waals surface area contributed by atoms with Gasteiger partial charge < -0.3 is 4.74 Å². The molecule has 0 radical (unpaired) electrons. The van der Waals surface area contributed by atoms with Gasteiger partial charge in [0.2, 0.25) is 6.41 Å². The van der Waals surface area contributed by atoms with Crippen molar-refractivity contribution in [1.82, 2.24) is 10.0 Å². The van der Waals surface area contributed by atoms with Crippen molar-refractivity contribution < 1.29 is 28.0 Å². The second-order valence-electron chi connectivity index (χ2n) is 6.93. The molecule has 1 aromatic heterocycles. The molecule has 3 rings (SSSR count).